The Kier molecular flexibility index (Phi) is 4.79. The third-order valence-corrected chi connectivity index (χ3v) is 4.70. The fourth-order valence-corrected chi connectivity index (χ4v) is 3.27. The molecule has 0 radical (unpaired) electrons. The van der Waals surface area contributed by atoms with Crippen LogP contribution in [0, 0.1) is 6.92 Å². The van der Waals surface area contributed by atoms with Crippen molar-refractivity contribution in [3.8, 4) is 0 Å². The maximum absolute atomic E-state index is 12.0. The van der Waals surface area contributed by atoms with Crippen LogP contribution in [0.3, 0.4) is 0 Å². The lowest BCUT2D eigenvalue weighted by molar-refractivity contribution is 0.595. The van der Waals surface area contributed by atoms with E-state index in [1.54, 1.807) is 0 Å². The van der Waals surface area contributed by atoms with Gasteiger partial charge in [-0.2, -0.15) is 0 Å². The Bertz CT molecular complexity index is 651. The van der Waals surface area contributed by atoms with Gasteiger partial charge in [-0.25, -0.2) is 8.42 Å². The van der Waals surface area contributed by atoms with E-state index in [0.717, 1.165) is 16.8 Å². The first kappa shape index (κ1) is 14.6. The largest absolute Gasteiger partial charge is 0.384 e. The summed E-state index contributed by atoms with van der Waals surface area (Å²) < 4.78 is 24.1. The fourth-order valence-electron chi connectivity index (χ4n) is 2.01. The molecule has 0 unspecified atom stereocenters. The van der Waals surface area contributed by atoms with E-state index in [9.17, 15) is 8.42 Å². The highest BCUT2D eigenvalue weighted by molar-refractivity contribution is 7.90. The third kappa shape index (κ3) is 4.38. The molecule has 2 rings (SSSR count). The zero-order chi connectivity index (χ0) is 14.4. The summed E-state index contributed by atoms with van der Waals surface area (Å²) in [7, 11) is -3.08. The molecule has 2 aromatic carbocycles. The molecule has 0 fully saturated rings. The van der Waals surface area contributed by atoms with Crippen molar-refractivity contribution in [1.29, 1.82) is 0 Å². The van der Waals surface area contributed by atoms with Gasteiger partial charge >= 0.3 is 0 Å². The molecule has 0 heterocycles. The first-order valence-electron chi connectivity index (χ1n) is 6.61. The van der Waals surface area contributed by atoms with E-state index < -0.39 is 9.84 Å². The number of para-hydroxylation sites is 1. The summed E-state index contributed by atoms with van der Waals surface area (Å²) in [5, 5.41) is 3.18. The van der Waals surface area contributed by atoms with Crippen LogP contribution < -0.4 is 5.32 Å². The van der Waals surface area contributed by atoms with Crippen molar-refractivity contribution < 1.29 is 8.42 Å². The molecule has 0 aromatic heterocycles. The molecule has 20 heavy (non-hydrogen) atoms. The average Bonchev–Trinajstić information content (AvgIpc) is 2.41. The minimum Gasteiger partial charge on any atom is -0.384 e. The summed E-state index contributed by atoms with van der Waals surface area (Å²) in [4.78, 5) is 0. The van der Waals surface area contributed by atoms with E-state index in [1.165, 1.54) is 0 Å². The predicted molar refractivity (Wildman–Crippen MR) is 83.6 cm³/mol. The molecular weight excluding hydrogens is 270 g/mol. The molecule has 106 valence electrons. The van der Waals surface area contributed by atoms with Crippen LogP contribution in [0.25, 0.3) is 0 Å². The van der Waals surface area contributed by atoms with Crippen LogP contribution in [0.4, 0.5) is 5.69 Å². The molecular formula is C16H19NO2S. The molecule has 0 bridgehead atoms. The van der Waals surface area contributed by atoms with Gasteiger partial charge in [0.2, 0.25) is 0 Å². The van der Waals surface area contributed by atoms with Gasteiger partial charge in [0.25, 0.3) is 0 Å². The van der Waals surface area contributed by atoms with Crippen molar-refractivity contribution in [1.82, 2.24) is 0 Å². The maximum atomic E-state index is 12.0. The smallest absolute Gasteiger partial charge is 0.156 e. The highest BCUT2D eigenvalue weighted by atomic mass is 32.2. The van der Waals surface area contributed by atoms with Crippen molar-refractivity contribution in [3.63, 3.8) is 0 Å². The van der Waals surface area contributed by atoms with Crippen molar-refractivity contribution in [3.05, 3.63) is 65.7 Å². The minimum absolute atomic E-state index is 0.100. The summed E-state index contributed by atoms with van der Waals surface area (Å²) in [5.41, 5.74) is 2.94. The van der Waals surface area contributed by atoms with E-state index >= 15 is 0 Å². The molecule has 0 atom stereocenters. The van der Waals surface area contributed by atoms with Gasteiger partial charge in [-0.1, -0.05) is 48.5 Å². The number of rotatable bonds is 6. The van der Waals surface area contributed by atoms with Crippen molar-refractivity contribution in [2.45, 2.75) is 12.7 Å². The molecule has 0 spiro atoms. The number of benzene rings is 2. The molecule has 0 saturated heterocycles. The summed E-state index contributed by atoms with van der Waals surface area (Å²) in [6.07, 6.45) is 0. The summed E-state index contributed by atoms with van der Waals surface area (Å²) in [6, 6.07) is 17.1. The Morgan fingerprint density at radius 1 is 0.950 bits per heavy atom. The Hall–Kier alpha value is -1.81. The van der Waals surface area contributed by atoms with Gasteiger partial charge in [-0.3, -0.25) is 0 Å². The first-order chi connectivity index (χ1) is 9.57. The SMILES string of the molecule is Cc1ccccc1NCCS(=O)(=O)Cc1ccccc1. The lowest BCUT2D eigenvalue weighted by Gasteiger charge is -2.09. The van der Waals surface area contributed by atoms with Crippen molar-refractivity contribution in [2.24, 2.45) is 0 Å². The lowest BCUT2D eigenvalue weighted by Crippen LogP contribution is -2.17. The monoisotopic (exact) mass is 289 g/mol. The van der Waals surface area contributed by atoms with E-state index in [2.05, 4.69) is 5.32 Å². The second-order valence-corrected chi connectivity index (χ2v) is 7.00. The van der Waals surface area contributed by atoms with E-state index in [0.29, 0.717) is 6.54 Å². The van der Waals surface area contributed by atoms with Gasteiger partial charge in [0.15, 0.2) is 9.84 Å². The van der Waals surface area contributed by atoms with Crippen LogP contribution in [-0.2, 0) is 15.6 Å². The van der Waals surface area contributed by atoms with Gasteiger partial charge in [-0.05, 0) is 24.1 Å². The first-order valence-corrected chi connectivity index (χ1v) is 8.43. The average molecular weight is 289 g/mol. The number of nitrogens with one attached hydrogen (secondary N) is 1. The quantitative estimate of drug-likeness (QED) is 0.889. The number of hydrogen-bond acceptors (Lipinski definition) is 3. The molecule has 3 nitrogen and oxygen atoms in total. The Labute approximate surface area is 120 Å². The van der Waals surface area contributed by atoms with Crippen LogP contribution >= 0.6 is 0 Å². The van der Waals surface area contributed by atoms with E-state index in [-0.39, 0.29) is 11.5 Å². The second kappa shape index (κ2) is 6.57. The van der Waals surface area contributed by atoms with Gasteiger partial charge in [-0.15, -0.1) is 0 Å². The number of sulfone groups is 1. The van der Waals surface area contributed by atoms with Crippen molar-refractivity contribution >= 4 is 15.5 Å². The Morgan fingerprint density at radius 2 is 1.60 bits per heavy atom. The van der Waals surface area contributed by atoms with Gasteiger partial charge in [0.1, 0.15) is 0 Å². The Morgan fingerprint density at radius 3 is 2.30 bits per heavy atom. The highest BCUT2D eigenvalue weighted by Crippen LogP contribution is 2.13. The number of hydrogen-bond donors (Lipinski definition) is 1. The van der Waals surface area contributed by atoms with Gasteiger partial charge < -0.3 is 5.32 Å². The highest BCUT2D eigenvalue weighted by Gasteiger charge is 2.11. The maximum Gasteiger partial charge on any atom is 0.156 e. The zero-order valence-electron chi connectivity index (χ0n) is 11.5. The van der Waals surface area contributed by atoms with E-state index in [1.807, 2.05) is 61.5 Å². The molecule has 1 N–H and O–H groups in total. The second-order valence-electron chi connectivity index (χ2n) is 4.82. The van der Waals surface area contributed by atoms with Gasteiger partial charge in [0, 0.05) is 12.2 Å². The summed E-state index contributed by atoms with van der Waals surface area (Å²) >= 11 is 0. The Balaban J connectivity index is 1.89. The minimum atomic E-state index is -3.08. The molecule has 0 saturated carbocycles. The molecule has 0 aliphatic carbocycles. The summed E-state index contributed by atoms with van der Waals surface area (Å²) in [6.45, 7) is 2.43. The molecule has 2 aromatic rings. The molecule has 0 aliphatic heterocycles. The standard InChI is InChI=1S/C16H19NO2S/c1-14-7-5-6-10-16(14)17-11-12-20(18,19)13-15-8-3-2-4-9-15/h2-10,17H,11-13H2,1H3. The topological polar surface area (TPSA) is 46.2 Å². The number of aryl methyl sites for hydroxylation is 1. The molecule has 0 aliphatic rings. The third-order valence-electron chi connectivity index (χ3n) is 3.10. The van der Waals surface area contributed by atoms with Crippen LogP contribution in [0.2, 0.25) is 0 Å². The zero-order valence-corrected chi connectivity index (χ0v) is 12.4. The normalized spacial score (nSPS) is 11.2. The predicted octanol–water partition coefficient (Wildman–Crippen LogP) is 3.02. The molecule has 4 heteroatoms. The lowest BCUT2D eigenvalue weighted by atomic mass is 10.2. The van der Waals surface area contributed by atoms with Crippen LogP contribution in [0.1, 0.15) is 11.1 Å². The molecule has 0 amide bonds. The number of anilines is 1. The van der Waals surface area contributed by atoms with Crippen LogP contribution in [0.5, 0.6) is 0 Å². The fraction of sp³-hybridized carbons (Fsp3) is 0.250. The van der Waals surface area contributed by atoms with Crippen molar-refractivity contribution in [2.75, 3.05) is 17.6 Å². The summed E-state index contributed by atoms with van der Waals surface area (Å²) in [5.74, 6) is 0.236. The van der Waals surface area contributed by atoms with E-state index in [4.69, 9.17) is 0 Å². The van der Waals surface area contributed by atoms with Crippen LogP contribution in [0.15, 0.2) is 54.6 Å². The van der Waals surface area contributed by atoms with Crippen LogP contribution in [-0.4, -0.2) is 20.7 Å². The van der Waals surface area contributed by atoms with Gasteiger partial charge in [0.05, 0.1) is 11.5 Å².